The zero-order valence-corrected chi connectivity index (χ0v) is 9.52. The molecule has 0 aliphatic rings. The Kier molecular flexibility index (Phi) is 3.77. The molecule has 0 aliphatic heterocycles. The molecule has 0 bridgehead atoms. The summed E-state index contributed by atoms with van der Waals surface area (Å²) in [5.41, 5.74) is 1.18. The summed E-state index contributed by atoms with van der Waals surface area (Å²) in [6.07, 6.45) is 10.4. The maximum atomic E-state index is 5.18. The molecule has 0 amide bonds. The SMILES string of the molecule is C#CCCc1c(Br)cncc1Br. The molecule has 3 heteroatoms. The van der Waals surface area contributed by atoms with Crippen LogP contribution in [0.3, 0.4) is 0 Å². The number of nitrogens with zero attached hydrogens (tertiary/aromatic N) is 1. The van der Waals surface area contributed by atoms with Gasteiger partial charge in [0.05, 0.1) is 0 Å². The van der Waals surface area contributed by atoms with Gasteiger partial charge in [0, 0.05) is 27.8 Å². The summed E-state index contributed by atoms with van der Waals surface area (Å²) in [5, 5.41) is 0. The Morgan fingerprint density at radius 3 is 2.42 bits per heavy atom. The molecule has 12 heavy (non-hydrogen) atoms. The van der Waals surface area contributed by atoms with E-state index < -0.39 is 0 Å². The van der Waals surface area contributed by atoms with Crippen LogP contribution in [0.5, 0.6) is 0 Å². The summed E-state index contributed by atoms with van der Waals surface area (Å²) >= 11 is 6.83. The second kappa shape index (κ2) is 4.64. The summed E-state index contributed by atoms with van der Waals surface area (Å²) in [6.45, 7) is 0. The van der Waals surface area contributed by atoms with Gasteiger partial charge in [-0.25, -0.2) is 0 Å². The van der Waals surface area contributed by atoms with Crippen LogP contribution in [-0.4, -0.2) is 4.98 Å². The first-order chi connectivity index (χ1) is 5.75. The van der Waals surface area contributed by atoms with E-state index in [1.165, 1.54) is 5.56 Å². The molecule has 1 nitrogen and oxygen atoms in total. The smallest absolute Gasteiger partial charge is 0.0413 e. The lowest BCUT2D eigenvalue weighted by Gasteiger charge is -2.03. The molecule has 1 aromatic heterocycles. The third kappa shape index (κ3) is 2.33. The fourth-order valence-corrected chi connectivity index (χ4v) is 2.20. The number of hydrogen-bond donors (Lipinski definition) is 0. The van der Waals surface area contributed by atoms with Crippen molar-refractivity contribution in [1.29, 1.82) is 0 Å². The Bertz CT molecular complexity index is 295. The summed E-state index contributed by atoms with van der Waals surface area (Å²) in [5.74, 6) is 2.61. The second-order valence-electron chi connectivity index (χ2n) is 2.29. The maximum absolute atomic E-state index is 5.18. The van der Waals surface area contributed by atoms with E-state index in [1.54, 1.807) is 12.4 Å². The van der Waals surface area contributed by atoms with Crippen molar-refractivity contribution >= 4 is 31.9 Å². The summed E-state index contributed by atoms with van der Waals surface area (Å²) in [4.78, 5) is 4.01. The van der Waals surface area contributed by atoms with E-state index in [0.29, 0.717) is 0 Å². The number of pyridine rings is 1. The van der Waals surface area contributed by atoms with Crippen molar-refractivity contribution in [2.24, 2.45) is 0 Å². The third-order valence-corrected chi connectivity index (χ3v) is 2.84. The number of halogens is 2. The van der Waals surface area contributed by atoms with Gasteiger partial charge < -0.3 is 0 Å². The minimum atomic E-state index is 0.751. The highest BCUT2D eigenvalue weighted by atomic mass is 79.9. The van der Waals surface area contributed by atoms with Crippen molar-refractivity contribution in [3.63, 3.8) is 0 Å². The molecular weight excluding hydrogens is 282 g/mol. The highest BCUT2D eigenvalue weighted by Gasteiger charge is 2.03. The predicted octanol–water partition coefficient (Wildman–Crippen LogP) is 3.17. The summed E-state index contributed by atoms with van der Waals surface area (Å²) in [6, 6.07) is 0. The van der Waals surface area contributed by atoms with Gasteiger partial charge >= 0.3 is 0 Å². The Morgan fingerprint density at radius 2 is 1.92 bits per heavy atom. The Balaban J connectivity index is 2.90. The van der Waals surface area contributed by atoms with Crippen molar-refractivity contribution in [1.82, 2.24) is 4.98 Å². The monoisotopic (exact) mass is 287 g/mol. The number of aromatic nitrogens is 1. The minimum Gasteiger partial charge on any atom is -0.262 e. The molecule has 1 aromatic rings. The molecule has 0 atom stereocenters. The molecule has 0 radical (unpaired) electrons. The van der Waals surface area contributed by atoms with Crippen molar-refractivity contribution < 1.29 is 0 Å². The van der Waals surface area contributed by atoms with E-state index in [4.69, 9.17) is 6.42 Å². The van der Waals surface area contributed by atoms with Crippen LogP contribution in [0.4, 0.5) is 0 Å². The van der Waals surface area contributed by atoms with Crippen LogP contribution in [-0.2, 0) is 6.42 Å². The van der Waals surface area contributed by atoms with Gasteiger partial charge in [-0.05, 0) is 43.8 Å². The van der Waals surface area contributed by atoms with Crippen LogP contribution in [0.2, 0.25) is 0 Å². The molecule has 0 saturated carbocycles. The van der Waals surface area contributed by atoms with E-state index in [9.17, 15) is 0 Å². The van der Waals surface area contributed by atoms with Gasteiger partial charge in [-0.3, -0.25) is 4.98 Å². The van der Waals surface area contributed by atoms with Crippen molar-refractivity contribution in [2.45, 2.75) is 12.8 Å². The molecule has 1 heterocycles. The molecule has 1 rings (SSSR count). The average Bonchev–Trinajstić information content (AvgIpc) is 2.04. The van der Waals surface area contributed by atoms with Gasteiger partial charge in [0.25, 0.3) is 0 Å². The van der Waals surface area contributed by atoms with Crippen LogP contribution in [0.25, 0.3) is 0 Å². The molecular formula is C9H7Br2N. The van der Waals surface area contributed by atoms with E-state index in [-0.39, 0.29) is 0 Å². The zero-order valence-electron chi connectivity index (χ0n) is 6.35. The lowest BCUT2D eigenvalue weighted by atomic mass is 10.1. The lowest BCUT2D eigenvalue weighted by Crippen LogP contribution is -1.89. The number of hydrogen-bond acceptors (Lipinski definition) is 1. The fraction of sp³-hybridized carbons (Fsp3) is 0.222. The third-order valence-electron chi connectivity index (χ3n) is 1.47. The van der Waals surface area contributed by atoms with Crippen LogP contribution >= 0.6 is 31.9 Å². The van der Waals surface area contributed by atoms with Gasteiger partial charge in [0.1, 0.15) is 0 Å². The minimum absolute atomic E-state index is 0.751. The molecule has 0 N–H and O–H groups in total. The van der Waals surface area contributed by atoms with Gasteiger partial charge in [-0.15, -0.1) is 12.3 Å². The molecule has 0 unspecified atom stereocenters. The highest BCUT2D eigenvalue weighted by Crippen LogP contribution is 2.24. The normalized spacial score (nSPS) is 9.42. The topological polar surface area (TPSA) is 12.9 Å². The first kappa shape index (κ1) is 9.76. The average molecular weight is 289 g/mol. The largest absolute Gasteiger partial charge is 0.262 e. The van der Waals surface area contributed by atoms with Crippen LogP contribution in [0.15, 0.2) is 21.3 Å². The highest BCUT2D eigenvalue weighted by molar-refractivity contribution is 9.11. The van der Waals surface area contributed by atoms with Crippen molar-refractivity contribution in [3.8, 4) is 12.3 Å². The van der Waals surface area contributed by atoms with Gasteiger partial charge in [-0.2, -0.15) is 0 Å². The summed E-state index contributed by atoms with van der Waals surface area (Å²) in [7, 11) is 0. The van der Waals surface area contributed by atoms with Crippen molar-refractivity contribution in [3.05, 3.63) is 26.9 Å². The fourth-order valence-electron chi connectivity index (χ4n) is 0.874. The van der Waals surface area contributed by atoms with Crippen molar-refractivity contribution in [2.75, 3.05) is 0 Å². The summed E-state index contributed by atoms with van der Waals surface area (Å²) < 4.78 is 2.01. The molecule has 0 aromatic carbocycles. The first-order valence-electron chi connectivity index (χ1n) is 3.47. The Labute approximate surface area is 88.8 Å². The Morgan fingerprint density at radius 1 is 1.33 bits per heavy atom. The van der Waals surface area contributed by atoms with E-state index >= 15 is 0 Å². The molecule has 62 valence electrons. The van der Waals surface area contributed by atoms with Gasteiger partial charge in [0.15, 0.2) is 0 Å². The lowest BCUT2D eigenvalue weighted by molar-refractivity contribution is 1.00. The zero-order chi connectivity index (χ0) is 8.97. The molecule has 0 spiro atoms. The van der Waals surface area contributed by atoms with E-state index in [2.05, 4.69) is 42.8 Å². The van der Waals surface area contributed by atoms with Crippen LogP contribution in [0.1, 0.15) is 12.0 Å². The van der Waals surface area contributed by atoms with E-state index in [1.807, 2.05) is 0 Å². The quantitative estimate of drug-likeness (QED) is 0.762. The van der Waals surface area contributed by atoms with Gasteiger partial charge in [0.2, 0.25) is 0 Å². The molecule has 0 fully saturated rings. The van der Waals surface area contributed by atoms with E-state index in [0.717, 1.165) is 21.8 Å². The predicted molar refractivity (Wildman–Crippen MR) is 56.8 cm³/mol. The molecule has 0 saturated heterocycles. The number of terminal acetylenes is 1. The van der Waals surface area contributed by atoms with Crippen LogP contribution in [0, 0.1) is 12.3 Å². The Hall–Kier alpha value is -0.330. The van der Waals surface area contributed by atoms with Crippen LogP contribution < -0.4 is 0 Å². The number of rotatable bonds is 2. The standard InChI is InChI=1S/C9H7Br2N/c1-2-3-4-7-8(10)5-12-6-9(7)11/h1,5-6H,3-4H2. The van der Waals surface area contributed by atoms with Gasteiger partial charge in [-0.1, -0.05) is 0 Å². The second-order valence-corrected chi connectivity index (χ2v) is 3.99. The molecule has 0 aliphatic carbocycles. The maximum Gasteiger partial charge on any atom is 0.0413 e. The first-order valence-corrected chi connectivity index (χ1v) is 5.05.